The summed E-state index contributed by atoms with van der Waals surface area (Å²) in [7, 11) is 1.37. The SMILES string of the molecule is COC(=O)C1Cc2c([nH]c3ccccc23)CN1C(=O)CN1CCOCC1. The molecule has 1 aromatic carbocycles. The van der Waals surface area contributed by atoms with Gasteiger partial charge in [-0.25, -0.2) is 4.79 Å². The third-order valence-electron chi connectivity index (χ3n) is 5.26. The summed E-state index contributed by atoms with van der Waals surface area (Å²) < 4.78 is 10.3. The van der Waals surface area contributed by atoms with Crippen molar-refractivity contribution in [3.05, 3.63) is 35.5 Å². The molecule has 26 heavy (non-hydrogen) atoms. The molecule has 2 aliphatic rings. The van der Waals surface area contributed by atoms with E-state index in [1.54, 1.807) is 4.90 Å². The zero-order valence-corrected chi connectivity index (χ0v) is 14.9. The third kappa shape index (κ3) is 3.08. The summed E-state index contributed by atoms with van der Waals surface area (Å²) in [5, 5.41) is 1.11. The molecule has 7 heteroatoms. The Hall–Kier alpha value is -2.38. The van der Waals surface area contributed by atoms with Crippen molar-refractivity contribution in [3.8, 4) is 0 Å². The standard InChI is InChI=1S/C19H23N3O4/c1-25-19(24)17-10-14-13-4-2-3-5-15(13)20-16(14)11-22(17)18(23)12-21-6-8-26-9-7-21/h2-5,17,20H,6-12H2,1H3. The van der Waals surface area contributed by atoms with Gasteiger partial charge in [-0.05, 0) is 11.6 Å². The van der Waals surface area contributed by atoms with Crippen LogP contribution in [0.2, 0.25) is 0 Å². The maximum absolute atomic E-state index is 12.9. The van der Waals surface area contributed by atoms with E-state index in [2.05, 4.69) is 9.88 Å². The van der Waals surface area contributed by atoms with E-state index < -0.39 is 6.04 Å². The van der Waals surface area contributed by atoms with Crippen LogP contribution in [0, 0.1) is 0 Å². The summed E-state index contributed by atoms with van der Waals surface area (Å²) in [6.45, 7) is 3.44. The normalized spacial score (nSPS) is 20.8. The highest BCUT2D eigenvalue weighted by molar-refractivity contribution is 5.90. The average Bonchev–Trinajstić information content (AvgIpc) is 3.04. The van der Waals surface area contributed by atoms with Gasteiger partial charge in [-0.15, -0.1) is 0 Å². The van der Waals surface area contributed by atoms with Gasteiger partial charge >= 0.3 is 5.97 Å². The topological polar surface area (TPSA) is 74.9 Å². The molecule has 2 aliphatic heterocycles. The number of carbonyl (C=O) groups is 2. The lowest BCUT2D eigenvalue weighted by Crippen LogP contribution is -2.53. The number of hydrogen-bond donors (Lipinski definition) is 1. The fourth-order valence-corrected chi connectivity index (χ4v) is 3.86. The quantitative estimate of drug-likeness (QED) is 0.827. The molecule has 0 spiro atoms. The highest BCUT2D eigenvalue weighted by Crippen LogP contribution is 2.30. The van der Waals surface area contributed by atoms with Crippen molar-refractivity contribution in [3.63, 3.8) is 0 Å². The van der Waals surface area contributed by atoms with Gasteiger partial charge in [0.15, 0.2) is 0 Å². The van der Waals surface area contributed by atoms with Gasteiger partial charge in [0.1, 0.15) is 6.04 Å². The van der Waals surface area contributed by atoms with Gasteiger partial charge in [0.25, 0.3) is 0 Å². The number of aromatic amines is 1. The van der Waals surface area contributed by atoms with E-state index in [-0.39, 0.29) is 11.9 Å². The van der Waals surface area contributed by atoms with Crippen LogP contribution in [-0.4, -0.2) is 72.7 Å². The fourth-order valence-electron chi connectivity index (χ4n) is 3.86. The number of morpholine rings is 1. The van der Waals surface area contributed by atoms with Crippen LogP contribution in [0.15, 0.2) is 24.3 Å². The van der Waals surface area contributed by atoms with Crippen LogP contribution in [0.1, 0.15) is 11.3 Å². The highest BCUT2D eigenvalue weighted by atomic mass is 16.5. The lowest BCUT2D eigenvalue weighted by atomic mass is 9.96. The second-order valence-corrected chi connectivity index (χ2v) is 6.78. The van der Waals surface area contributed by atoms with Crippen LogP contribution in [0.25, 0.3) is 10.9 Å². The highest BCUT2D eigenvalue weighted by Gasteiger charge is 2.37. The molecule has 0 saturated carbocycles. The van der Waals surface area contributed by atoms with Crippen molar-refractivity contribution in [2.24, 2.45) is 0 Å². The maximum atomic E-state index is 12.9. The number of nitrogens with one attached hydrogen (secondary N) is 1. The second-order valence-electron chi connectivity index (χ2n) is 6.78. The average molecular weight is 357 g/mol. The molecule has 0 aliphatic carbocycles. The van der Waals surface area contributed by atoms with Crippen molar-refractivity contribution in [1.29, 1.82) is 0 Å². The van der Waals surface area contributed by atoms with E-state index >= 15 is 0 Å². The molecular weight excluding hydrogens is 334 g/mol. The first-order valence-corrected chi connectivity index (χ1v) is 8.93. The van der Waals surface area contributed by atoms with E-state index in [1.807, 2.05) is 24.3 Å². The molecule has 1 unspecified atom stereocenters. The fraction of sp³-hybridized carbons (Fsp3) is 0.474. The van der Waals surface area contributed by atoms with Crippen LogP contribution in [0.4, 0.5) is 0 Å². The van der Waals surface area contributed by atoms with Crippen LogP contribution >= 0.6 is 0 Å². The number of benzene rings is 1. The molecule has 7 nitrogen and oxygen atoms in total. The van der Waals surface area contributed by atoms with Crippen molar-refractivity contribution in [2.45, 2.75) is 19.0 Å². The van der Waals surface area contributed by atoms with Gasteiger partial charge < -0.3 is 19.4 Å². The molecular formula is C19H23N3O4. The molecule has 1 fully saturated rings. The second kappa shape index (κ2) is 7.09. The summed E-state index contributed by atoms with van der Waals surface area (Å²) in [5.41, 5.74) is 3.14. The summed E-state index contributed by atoms with van der Waals surface area (Å²) in [6.07, 6.45) is 0.473. The Morgan fingerprint density at radius 3 is 2.81 bits per heavy atom. The van der Waals surface area contributed by atoms with Gasteiger partial charge in [-0.3, -0.25) is 9.69 Å². The molecule has 2 aromatic rings. The number of rotatable bonds is 3. The first kappa shape index (κ1) is 17.1. The molecule has 1 atom stereocenters. The minimum atomic E-state index is -0.583. The number of aromatic nitrogens is 1. The zero-order chi connectivity index (χ0) is 18.1. The predicted molar refractivity (Wildman–Crippen MR) is 95.6 cm³/mol. The van der Waals surface area contributed by atoms with E-state index in [0.717, 1.165) is 35.2 Å². The summed E-state index contributed by atoms with van der Waals surface area (Å²) in [4.78, 5) is 32.5. The Morgan fingerprint density at radius 2 is 2.04 bits per heavy atom. The minimum Gasteiger partial charge on any atom is -0.467 e. The number of fused-ring (bicyclic) bond motifs is 3. The maximum Gasteiger partial charge on any atom is 0.328 e. The lowest BCUT2D eigenvalue weighted by Gasteiger charge is -2.36. The number of nitrogens with zero attached hydrogens (tertiary/aromatic N) is 2. The molecule has 3 heterocycles. The Labute approximate surface area is 151 Å². The van der Waals surface area contributed by atoms with E-state index in [4.69, 9.17) is 9.47 Å². The van der Waals surface area contributed by atoms with Gasteiger partial charge in [0.05, 0.1) is 33.4 Å². The van der Waals surface area contributed by atoms with Crippen molar-refractivity contribution in [2.75, 3.05) is 40.0 Å². The molecule has 4 rings (SSSR count). The molecule has 1 aromatic heterocycles. The van der Waals surface area contributed by atoms with Crippen molar-refractivity contribution in [1.82, 2.24) is 14.8 Å². The van der Waals surface area contributed by atoms with E-state index in [9.17, 15) is 9.59 Å². The molecule has 1 saturated heterocycles. The monoisotopic (exact) mass is 357 g/mol. The van der Waals surface area contributed by atoms with Crippen molar-refractivity contribution >= 4 is 22.8 Å². The molecule has 1 N–H and O–H groups in total. The van der Waals surface area contributed by atoms with Crippen LogP contribution in [-0.2, 0) is 32.0 Å². The first-order valence-electron chi connectivity index (χ1n) is 8.93. The van der Waals surface area contributed by atoms with Gasteiger partial charge in [0, 0.05) is 36.1 Å². The Morgan fingerprint density at radius 1 is 1.27 bits per heavy atom. The van der Waals surface area contributed by atoms with Crippen LogP contribution in [0.3, 0.4) is 0 Å². The minimum absolute atomic E-state index is 0.0494. The van der Waals surface area contributed by atoms with Crippen molar-refractivity contribution < 1.29 is 19.1 Å². The number of hydrogen-bond acceptors (Lipinski definition) is 5. The molecule has 1 amide bonds. The third-order valence-corrected chi connectivity index (χ3v) is 5.26. The number of methoxy groups -OCH3 is 1. The smallest absolute Gasteiger partial charge is 0.328 e. The zero-order valence-electron chi connectivity index (χ0n) is 14.9. The van der Waals surface area contributed by atoms with Gasteiger partial charge in [0.2, 0.25) is 5.91 Å². The number of para-hydroxylation sites is 1. The number of carbonyl (C=O) groups excluding carboxylic acids is 2. The summed E-state index contributed by atoms with van der Waals surface area (Å²) in [5.74, 6) is -0.414. The summed E-state index contributed by atoms with van der Waals surface area (Å²) >= 11 is 0. The largest absolute Gasteiger partial charge is 0.467 e. The lowest BCUT2D eigenvalue weighted by molar-refractivity contribution is -0.154. The van der Waals surface area contributed by atoms with Crippen LogP contribution < -0.4 is 0 Å². The Balaban J connectivity index is 1.61. The van der Waals surface area contributed by atoms with Gasteiger partial charge in [-0.1, -0.05) is 18.2 Å². The number of H-pyrrole nitrogens is 1. The Kier molecular flexibility index (Phi) is 4.65. The number of amides is 1. The molecule has 0 bridgehead atoms. The first-order chi connectivity index (χ1) is 12.7. The molecule has 138 valence electrons. The summed E-state index contributed by atoms with van der Waals surface area (Å²) in [6, 6.07) is 7.44. The number of esters is 1. The van der Waals surface area contributed by atoms with Gasteiger partial charge in [-0.2, -0.15) is 0 Å². The molecule has 0 radical (unpaired) electrons. The Bertz CT molecular complexity index is 825. The predicted octanol–water partition coefficient (Wildman–Crippen LogP) is 0.926. The van der Waals surface area contributed by atoms with Crippen LogP contribution in [0.5, 0.6) is 0 Å². The van der Waals surface area contributed by atoms with E-state index in [1.165, 1.54) is 7.11 Å². The number of ether oxygens (including phenoxy) is 2. The van der Waals surface area contributed by atoms with E-state index in [0.29, 0.717) is 32.7 Å².